The summed E-state index contributed by atoms with van der Waals surface area (Å²) in [5, 5.41) is 22.3. The molecule has 2 amide bonds. The third kappa shape index (κ3) is 5.48. The molecule has 0 aliphatic rings. The first-order valence-electron chi connectivity index (χ1n) is 7.59. The van der Waals surface area contributed by atoms with Gasteiger partial charge in [-0.05, 0) is 29.8 Å². The maximum absolute atomic E-state index is 12.0. The number of nitrogens with zero attached hydrogens (tertiary/aromatic N) is 1. The minimum Gasteiger partial charge on any atom is -0.508 e. The molecule has 0 aromatic heterocycles. The number of hydrogen-bond acceptors (Lipinski definition) is 6. The van der Waals surface area contributed by atoms with Crippen molar-refractivity contribution in [1.82, 2.24) is 5.32 Å². The highest BCUT2D eigenvalue weighted by atomic mass is 16.6. The van der Waals surface area contributed by atoms with Crippen molar-refractivity contribution in [3.63, 3.8) is 0 Å². The van der Waals surface area contributed by atoms with Gasteiger partial charge in [-0.2, -0.15) is 0 Å². The van der Waals surface area contributed by atoms with E-state index in [0.717, 1.165) is 0 Å². The van der Waals surface area contributed by atoms with E-state index in [-0.39, 0.29) is 30.2 Å². The Morgan fingerprint density at radius 3 is 2.31 bits per heavy atom. The lowest BCUT2D eigenvalue weighted by molar-refractivity contribution is -0.384. The number of hydrogen-bond donors (Lipinski definition) is 3. The van der Waals surface area contributed by atoms with Crippen LogP contribution in [-0.2, 0) is 16.0 Å². The van der Waals surface area contributed by atoms with Gasteiger partial charge in [-0.15, -0.1) is 0 Å². The molecule has 0 spiro atoms. The van der Waals surface area contributed by atoms with Crippen molar-refractivity contribution in [3.8, 4) is 11.5 Å². The van der Waals surface area contributed by atoms with Crippen LogP contribution in [0.1, 0.15) is 5.56 Å². The molecule has 1 atom stereocenters. The van der Waals surface area contributed by atoms with E-state index in [4.69, 9.17) is 10.5 Å². The maximum Gasteiger partial charge on any atom is 0.269 e. The molecule has 4 N–H and O–H groups in total. The average Bonchev–Trinajstić information content (AvgIpc) is 2.61. The number of benzene rings is 2. The zero-order valence-corrected chi connectivity index (χ0v) is 13.6. The van der Waals surface area contributed by atoms with Gasteiger partial charge in [0, 0.05) is 18.6 Å². The Hall–Kier alpha value is -3.62. The Bertz CT molecular complexity index is 789. The van der Waals surface area contributed by atoms with Crippen LogP contribution < -0.4 is 15.8 Å². The van der Waals surface area contributed by atoms with Crippen LogP contribution in [0.25, 0.3) is 0 Å². The molecule has 0 fully saturated rings. The highest BCUT2D eigenvalue weighted by molar-refractivity contribution is 5.87. The van der Waals surface area contributed by atoms with Crippen molar-refractivity contribution in [2.24, 2.45) is 5.73 Å². The zero-order chi connectivity index (χ0) is 19.1. The number of non-ortho nitro benzene ring substituents is 1. The fourth-order valence-corrected chi connectivity index (χ4v) is 2.14. The lowest BCUT2D eigenvalue weighted by Crippen LogP contribution is -2.47. The monoisotopic (exact) mass is 359 g/mol. The molecule has 2 rings (SSSR count). The van der Waals surface area contributed by atoms with Gasteiger partial charge in [0.1, 0.15) is 17.5 Å². The lowest BCUT2D eigenvalue weighted by atomic mass is 10.1. The van der Waals surface area contributed by atoms with Crippen LogP contribution in [0.2, 0.25) is 0 Å². The third-order valence-electron chi connectivity index (χ3n) is 3.47. The number of nitro benzene ring substituents is 1. The van der Waals surface area contributed by atoms with Gasteiger partial charge in [-0.3, -0.25) is 19.7 Å². The predicted octanol–water partition coefficient (Wildman–Crippen LogP) is 0.892. The van der Waals surface area contributed by atoms with Gasteiger partial charge in [0.2, 0.25) is 5.91 Å². The highest BCUT2D eigenvalue weighted by Crippen LogP contribution is 2.17. The summed E-state index contributed by atoms with van der Waals surface area (Å²) in [7, 11) is 0. The maximum atomic E-state index is 12.0. The molecule has 9 nitrogen and oxygen atoms in total. The molecule has 0 saturated heterocycles. The molecule has 0 heterocycles. The van der Waals surface area contributed by atoms with Crippen LogP contribution in [0.4, 0.5) is 5.69 Å². The standard InChI is InChI=1S/C17H17N3O6/c18-17(23)15(9-11-1-5-13(21)6-2-11)19-16(22)10-26-14-7-3-12(4-8-14)20(24)25/h1-8,15,21H,9-10H2,(H2,18,23)(H,19,22). The van der Waals surface area contributed by atoms with Crippen molar-refractivity contribution in [2.75, 3.05) is 6.61 Å². The van der Waals surface area contributed by atoms with Gasteiger partial charge in [0.15, 0.2) is 6.61 Å². The number of carbonyl (C=O) groups excluding carboxylic acids is 2. The number of rotatable bonds is 8. The summed E-state index contributed by atoms with van der Waals surface area (Å²) in [5.41, 5.74) is 5.93. The van der Waals surface area contributed by atoms with Crippen molar-refractivity contribution in [1.29, 1.82) is 0 Å². The number of nitrogens with one attached hydrogen (secondary N) is 1. The van der Waals surface area contributed by atoms with Crippen molar-refractivity contribution >= 4 is 17.5 Å². The first-order chi connectivity index (χ1) is 12.3. The van der Waals surface area contributed by atoms with Crippen LogP contribution in [0.5, 0.6) is 11.5 Å². The highest BCUT2D eigenvalue weighted by Gasteiger charge is 2.19. The molecule has 0 saturated carbocycles. The number of phenols is 1. The molecule has 2 aromatic rings. The molecule has 0 aliphatic carbocycles. The van der Waals surface area contributed by atoms with Gasteiger partial charge in [0.25, 0.3) is 11.6 Å². The topological polar surface area (TPSA) is 145 Å². The molecule has 0 radical (unpaired) electrons. The average molecular weight is 359 g/mol. The largest absolute Gasteiger partial charge is 0.508 e. The molecule has 26 heavy (non-hydrogen) atoms. The summed E-state index contributed by atoms with van der Waals surface area (Å²) in [6.45, 7) is -0.378. The minimum absolute atomic E-state index is 0.0879. The molecular weight excluding hydrogens is 342 g/mol. The molecule has 9 heteroatoms. The van der Waals surface area contributed by atoms with E-state index < -0.39 is 22.8 Å². The summed E-state index contributed by atoms with van der Waals surface area (Å²) < 4.78 is 5.23. The molecule has 1 unspecified atom stereocenters. The minimum atomic E-state index is -0.937. The second kappa shape index (κ2) is 8.47. The molecule has 2 aromatic carbocycles. The smallest absolute Gasteiger partial charge is 0.269 e. The number of aromatic hydroxyl groups is 1. The summed E-state index contributed by atoms with van der Waals surface area (Å²) in [5.74, 6) is -0.905. The van der Waals surface area contributed by atoms with E-state index in [0.29, 0.717) is 5.56 Å². The van der Waals surface area contributed by atoms with E-state index >= 15 is 0 Å². The SMILES string of the molecule is NC(=O)C(Cc1ccc(O)cc1)NC(=O)COc1ccc([N+](=O)[O-])cc1. The summed E-state index contributed by atoms with van der Waals surface area (Å²) >= 11 is 0. The second-order valence-corrected chi connectivity index (χ2v) is 5.43. The first kappa shape index (κ1) is 18.7. The van der Waals surface area contributed by atoms with E-state index in [2.05, 4.69) is 5.32 Å². The van der Waals surface area contributed by atoms with Crippen molar-refractivity contribution < 1.29 is 24.4 Å². The van der Waals surface area contributed by atoms with Crippen LogP contribution in [0.15, 0.2) is 48.5 Å². The van der Waals surface area contributed by atoms with Gasteiger partial charge >= 0.3 is 0 Å². The second-order valence-electron chi connectivity index (χ2n) is 5.43. The summed E-state index contributed by atoms with van der Waals surface area (Å²) in [6, 6.07) is 10.5. The molecule has 0 aliphatic heterocycles. The number of nitro groups is 1. The Labute approximate surface area is 148 Å². The van der Waals surface area contributed by atoms with E-state index in [9.17, 15) is 24.8 Å². The Balaban J connectivity index is 1.89. The normalized spacial score (nSPS) is 11.4. The van der Waals surface area contributed by atoms with Crippen LogP contribution in [0.3, 0.4) is 0 Å². The number of ether oxygens (including phenoxy) is 1. The predicted molar refractivity (Wildman–Crippen MR) is 91.5 cm³/mol. The van der Waals surface area contributed by atoms with E-state index in [1.54, 1.807) is 12.1 Å². The van der Waals surface area contributed by atoms with Crippen molar-refractivity contribution in [2.45, 2.75) is 12.5 Å². The number of amides is 2. The van der Waals surface area contributed by atoms with Crippen LogP contribution in [0, 0.1) is 10.1 Å². The Morgan fingerprint density at radius 2 is 1.77 bits per heavy atom. The number of primary amides is 1. The van der Waals surface area contributed by atoms with E-state index in [1.165, 1.54) is 36.4 Å². The molecule has 136 valence electrons. The lowest BCUT2D eigenvalue weighted by Gasteiger charge is -2.16. The quantitative estimate of drug-likeness (QED) is 0.471. The van der Waals surface area contributed by atoms with Crippen molar-refractivity contribution in [3.05, 3.63) is 64.2 Å². The zero-order valence-electron chi connectivity index (χ0n) is 13.6. The summed E-state index contributed by atoms with van der Waals surface area (Å²) in [4.78, 5) is 33.5. The fourth-order valence-electron chi connectivity index (χ4n) is 2.14. The van der Waals surface area contributed by atoms with Crippen LogP contribution >= 0.6 is 0 Å². The Morgan fingerprint density at radius 1 is 1.15 bits per heavy atom. The fraction of sp³-hybridized carbons (Fsp3) is 0.176. The van der Waals surface area contributed by atoms with Gasteiger partial charge in [0.05, 0.1) is 4.92 Å². The first-order valence-corrected chi connectivity index (χ1v) is 7.59. The summed E-state index contributed by atoms with van der Waals surface area (Å²) in [6.07, 6.45) is 0.166. The number of nitrogens with two attached hydrogens (primary N) is 1. The third-order valence-corrected chi connectivity index (χ3v) is 3.47. The number of phenolic OH excluding ortho intramolecular Hbond substituents is 1. The Kier molecular flexibility index (Phi) is 6.10. The van der Waals surface area contributed by atoms with Crippen LogP contribution in [-0.4, -0.2) is 34.5 Å². The van der Waals surface area contributed by atoms with Gasteiger partial charge in [-0.25, -0.2) is 0 Å². The van der Waals surface area contributed by atoms with E-state index in [1.807, 2.05) is 0 Å². The van der Waals surface area contributed by atoms with Gasteiger partial charge < -0.3 is 20.9 Å². The molecule has 0 bridgehead atoms. The van der Waals surface area contributed by atoms with Gasteiger partial charge in [-0.1, -0.05) is 12.1 Å². The number of carbonyl (C=O) groups is 2. The molecular formula is C17H17N3O6.